The SMILES string of the molecule is Cc1cccc(=O)n1CCC(=O)N1CCN(Cc2ccc(Cl)cc2)CC1. The molecule has 1 aliphatic rings. The number of hydrogen-bond donors (Lipinski definition) is 0. The fraction of sp³-hybridized carbons (Fsp3) is 0.400. The molecule has 0 unspecified atom stereocenters. The fourth-order valence-corrected chi connectivity index (χ4v) is 3.40. The molecule has 2 heterocycles. The first kappa shape index (κ1) is 18.7. The molecule has 138 valence electrons. The maximum absolute atomic E-state index is 12.5. The van der Waals surface area contributed by atoms with E-state index in [0.717, 1.165) is 43.4 Å². The molecule has 1 fully saturated rings. The molecule has 0 aliphatic carbocycles. The summed E-state index contributed by atoms with van der Waals surface area (Å²) >= 11 is 5.92. The summed E-state index contributed by atoms with van der Waals surface area (Å²) in [4.78, 5) is 28.6. The lowest BCUT2D eigenvalue weighted by atomic mass is 10.2. The molecule has 0 spiro atoms. The van der Waals surface area contributed by atoms with E-state index in [1.165, 1.54) is 11.6 Å². The lowest BCUT2D eigenvalue weighted by molar-refractivity contribution is -0.133. The number of carbonyl (C=O) groups is 1. The number of pyridine rings is 1. The van der Waals surface area contributed by atoms with Gasteiger partial charge in [0.1, 0.15) is 0 Å². The highest BCUT2D eigenvalue weighted by Crippen LogP contribution is 2.13. The maximum Gasteiger partial charge on any atom is 0.250 e. The third-order valence-corrected chi connectivity index (χ3v) is 5.11. The van der Waals surface area contributed by atoms with Gasteiger partial charge in [-0.3, -0.25) is 14.5 Å². The number of aryl methyl sites for hydroxylation is 1. The average Bonchev–Trinajstić information content (AvgIpc) is 2.64. The predicted molar refractivity (Wildman–Crippen MR) is 103 cm³/mol. The zero-order chi connectivity index (χ0) is 18.5. The van der Waals surface area contributed by atoms with Crippen molar-refractivity contribution >= 4 is 17.5 Å². The van der Waals surface area contributed by atoms with Crippen LogP contribution in [0.15, 0.2) is 47.3 Å². The lowest BCUT2D eigenvalue weighted by Crippen LogP contribution is -2.48. The van der Waals surface area contributed by atoms with E-state index in [1.807, 2.05) is 42.2 Å². The van der Waals surface area contributed by atoms with Crippen LogP contribution < -0.4 is 5.56 Å². The standard InChI is InChI=1S/C20H24ClN3O2/c1-16-3-2-4-20(26)24(16)10-9-19(25)23-13-11-22(12-14-23)15-17-5-7-18(21)8-6-17/h2-8H,9-15H2,1H3. The maximum atomic E-state index is 12.5. The number of nitrogens with zero attached hydrogens (tertiary/aromatic N) is 3. The highest BCUT2D eigenvalue weighted by Gasteiger charge is 2.21. The molecule has 1 amide bonds. The summed E-state index contributed by atoms with van der Waals surface area (Å²) in [6, 6.07) is 13.1. The highest BCUT2D eigenvalue weighted by atomic mass is 35.5. The van der Waals surface area contributed by atoms with Gasteiger partial charge in [-0.1, -0.05) is 29.8 Å². The summed E-state index contributed by atoms with van der Waals surface area (Å²) in [7, 11) is 0. The van der Waals surface area contributed by atoms with Gasteiger partial charge < -0.3 is 9.47 Å². The monoisotopic (exact) mass is 373 g/mol. The van der Waals surface area contributed by atoms with Crippen LogP contribution in [0.3, 0.4) is 0 Å². The van der Waals surface area contributed by atoms with Gasteiger partial charge in [0, 0.05) is 62.5 Å². The van der Waals surface area contributed by atoms with Gasteiger partial charge in [-0.25, -0.2) is 0 Å². The molecular weight excluding hydrogens is 350 g/mol. The molecule has 2 aromatic rings. The van der Waals surface area contributed by atoms with Crippen LogP contribution in [0.2, 0.25) is 5.02 Å². The quantitative estimate of drug-likeness (QED) is 0.809. The van der Waals surface area contributed by atoms with Crippen molar-refractivity contribution in [3.05, 3.63) is 69.1 Å². The molecule has 1 aliphatic heterocycles. The van der Waals surface area contributed by atoms with Crippen molar-refractivity contribution in [2.24, 2.45) is 0 Å². The van der Waals surface area contributed by atoms with Crippen molar-refractivity contribution < 1.29 is 4.79 Å². The summed E-state index contributed by atoms with van der Waals surface area (Å²) in [6.45, 7) is 6.39. The van der Waals surface area contributed by atoms with Crippen LogP contribution in [-0.2, 0) is 17.9 Å². The van der Waals surface area contributed by atoms with Gasteiger partial charge in [-0.15, -0.1) is 0 Å². The second-order valence-electron chi connectivity index (χ2n) is 6.69. The first-order valence-corrected chi connectivity index (χ1v) is 9.32. The Hall–Kier alpha value is -2.11. The average molecular weight is 374 g/mol. The third-order valence-electron chi connectivity index (χ3n) is 4.86. The minimum atomic E-state index is -0.0504. The molecule has 0 bridgehead atoms. The molecule has 0 atom stereocenters. The number of aromatic nitrogens is 1. The molecule has 5 nitrogen and oxygen atoms in total. The predicted octanol–water partition coefficient (Wildman–Crippen LogP) is 2.54. The number of rotatable bonds is 5. The third kappa shape index (κ3) is 4.74. The number of piperazine rings is 1. The van der Waals surface area contributed by atoms with Crippen molar-refractivity contribution in [3.63, 3.8) is 0 Å². The Kier molecular flexibility index (Phi) is 6.12. The summed E-state index contributed by atoms with van der Waals surface area (Å²) in [6.07, 6.45) is 0.363. The molecule has 3 rings (SSSR count). The zero-order valence-electron chi connectivity index (χ0n) is 15.0. The number of carbonyl (C=O) groups excluding carboxylic acids is 1. The molecule has 1 saturated heterocycles. The van der Waals surface area contributed by atoms with E-state index >= 15 is 0 Å². The molecule has 0 N–H and O–H groups in total. The van der Waals surface area contributed by atoms with E-state index < -0.39 is 0 Å². The van der Waals surface area contributed by atoms with Crippen molar-refractivity contribution in [1.82, 2.24) is 14.4 Å². The zero-order valence-corrected chi connectivity index (χ0v) is 15.8. The smallest absolute Gasteiger partial charge is 0.250 e. The first-order chi connectivity index (χ1) is 12.5. The second-order valence-corrected chi connectivity index (χ2v) is 7.13. The molecule has 1 aromatic heterocycles. The van der Waals surface area contributed by atoms with E-state index in [0.29, 0.717) is 13.0 Å². The van der Waals surface area contributed by atoms with Crippen LogP contribution >= 0.6 is 11.6 Å². The first-order valence-electron chi connectivity index (χ1n) is 8.94. The van der Waals surface area contributed by atoms with E-state index in [1.54, 1.807) is 10.6 Å². The van der Waals surface area contributed by atoms with E-state index in [4.69, 9.17) is 11.6 Å². The van der Waals surface area contributed by atoms with Gasteiger partial charge in [0.2, 0.25) is 5.91 Å². The summed E-state index contributed by atoms with van der Waals surface area (Å²) in [5.41, 5.74) is 2.07. The normalized spacial score (nSPS) is 15.2. The molecule has 6 heteroatoms. The lowest BCUT2D eigenvalue weighted by Gasteiger charge is -2.35. The summed E-state index contributed by atoms with van der Waals surface area (Å²) in [5, 5.41) is 0.747. The van der Waals surface area contributed by atoms with Crippen molar-refractivity contribution in [3.8, 4) is 0 Å². The van der Waals surface area contributed by atoms with Crippen LogP contribution in [-0.4, -0.2) is 46.5 Å². The van der Waals surface area contributed by atoms with Crippen molar-refractivity contribution in [1.29, 1.82) is 0 Å². The van der Waals surface area contributed by atoms with Crippen molar-refractivity contribution in [2.45, 2.75) is 26.4 Å². The van der Waals surface area contributed by atoms with Crippen LogP contribution in [0.4, 0.5) is 0 Å². The Morgan fingerprint density at radius 2 is 1.73 bits per heavy atom. The Morgan fingerprint density at radius 1 is 1.04 bits per heavy atom. The van der Waals surface area contributed by atoms with Gasteiger partial charge in [-0.2, -0.15) is 0 Å². The number of hydrogen-bond acceptors (Lipinski definition) is 3. The Morgan fingerprint density at radius 3 is 2.38 bits per heavy atom. The van der Waals surface area contributed by atoms with Crippen LogP contribution in [0.1, 0.15) is 17.7 Å². The molecule has 0 saturated carbocycles. The molecule has 26 heavy (non-hydrogen) atoms. The fourth-order valence-electron chi connectivity index (χ4n) is 3.28. The number of halogens is 1. The van der Waals surface area contributed by atoms with Gasteiger partial charge in [0.15, 0.2) is 0 Å². The van der Waals surface area contributed by atoms with Gasteiger partial charge in [0.25, 0.3) is 5.56 Å². The summed E-state index contributed by atoms with van der Waals surface area (Å²) in [5.74, 6) is 0.117. The molecular formula is C20H24ClN3O2. The minimum Gasteiger partial charge on any atom is -0.340 e. The highest BCUT2D eigenvalue weighted by molar-refractivity contribution is 6.30. The topological polar surface area (TPSA) is 45.6 Å². The summed E-state index contributed by atoms with van der Waals surface area (Å²) < 4.78 is 1.66. The second kappa shape index (κ2) is 8.52. The van der Waals surface area contributed by atoms with Gasteiger partial charge in [0.05, 0.1) is 0 Å². The Labute approximate surface area is 158 Å². The van der Waals surface area contributed by atoms with E-state index in [9.17, 15) is 9.59 Å². The van der Waals surface area contributed by atoms with Gasteiger partial charge >= 0.3 is 0 Å². The molecule has 0 radical (unpaired) electrons. The minimum absolute atomic E-state index is 0.0504. The van der Waals surface area contributed by atoms with Crippen LogP contribution in [0.25, 0.3) is 0 Å². The molecule has 1 aromatic carbocycles. The number of benzene rings is 1. The van der Waals surface area contributed by atoms with Crippen molar-refractivity contribution in [2.75, 3.05) is 26.2 Å². The number of amides is 1. The largest absolute Gasteiger partial charge is 0.340 e. The van der Waals surface area contributed by atoms with Crippen LogP contribution in [0, 0.1) is 6.92 Å². The Bertz CT molecular complexity index is 809. The Balaban J connectivity index is 1.47. The van der Waals surface area contributed by atoms with Gasteiger partial charge in [-0.05, 0) is 30.7 Å². The van der Waals surface area contributed by atoms with E-state index in [2.05, 4.69) is 4.90 Å². The van der Waals surface area contributed by atoms with E-state index in [-0.39, 0.29) is 11.5 Å². The van der Waals surface area contributed by atoms with Crippen LogP contribution in [0.5, 0.6) is 0 Å².